The van der Waals surface area contributed by atoms with E-state index in [1.165, 1.54) is 0 Å². The number of likely N-dealkylation sites (tertiary alicyclic amines) is 1. The number of amides is 1. The van der Waals surface area contributed by atoms with E-state index in [1.807, 2.05) is 0 Å². The zero-order chi connectivity index (χ0) is 7.07. The molecule has 0 bridgehead atoms. The van der Waals surface area contributed by atoms with Crippen LogP contribution in [0.25, 0.3) is 0 Å². The van der Waals surface area contributed by atoms with Crippen molar-refractivity contribution in [1.29, 1.82) is 0 Å². The first-order valence-corrected chi connectivity index (χ1v) is 3.41. The molecule has 1 amide bonds. The SMILES string of the molecule is CN1C[C@@](N)(P)CC1=O. The maximum atomic E-state index is 10.8. The van der Waals surface area contributed by atoms with E-state index in [0.29, 0.717) is 13.0 Å². The molecule has 1 heterocycles. The number of hydrogen-bond donors (Lipinski definition) is 1. The molecule has 9 heavy (non-hydrogen) atoms. The molecule has 1 unspecified atom stereocenters. The number of hydrogen-bond acceptors (Lipinski definition) is 2. The van der Waals surface area contributed by atoms with Crippen LogP contribution in [0.5, 0.6) is 0 Å². The third-order valence-electron chi connectivity index (χ3n) is 1.44. The van der Waals surface area contributed by atoms with Gasteiger partial charge in [-0.1, -0.05) is 0 Å². The molecule has 0 aliphatic carbocycles. The van der Waals surface area contributed by atoms with Crippen LogP contribution in [0.1, 0.15) is 6.42 Å². The van der Waals surface area contributed by atoms with Gasteiger partial charge in [0.15, 0.2) is 0 Å². The number of likely N-dealkylation sites (N-methyl/N-ethyl adjacent to an activating group) is 1. The Labute approximate surface area is 56.8 Å². The summed E-state index contributed by atoms with van der Waals surface area (Å²) in [6.45, 7) is 0.649. The fourth-order valence-electron chi connectivity index (χ4n) is 1.00. The largest absolute Gasteiger partial charge is 0.343 e. The fourth-order valence-corrected chi connectivity index (χ4v) is 1.45. The van der Waals surface area contributed by atoms with E-state index in [4.69, 9.17) is 5.73 Å². The second kappa shape index (κ2) is 1.93. The highest BCUT2D eigenvalue weighted by molar-refractivity contribution is 7.19. The molecule has 1 aliphatic rings. The summed E-state index contributed by atoms with van der Waals surface area (Å²) in [6.07, 6.45) is 0.453. The molecule has 3 nitrogen and oxygen atoms in total. The van der Waals surface area contributed by atoms with Crippen LogP contribution in [-0.4, -0.2) is 29.7 Å². The summed E-state index contributed by atoms with van der Waals surface area (Å²) in [6, 6.07) is 0. The Morgan fingerprint density at radius 2 is 2.44 bits per heavy atom. The van der Waals surface area contributed by atoms with E-state index in [0.717, 1.165) is 0 Å². The molecule has 0 spiro atoms. The van der Waals surface area contributed by atoms with Gasteiger partial charge in [-0.3, -0.25) is 4.79 Å². The lowest BCUT2D eigenvalue weighted by atomic mass is 10.3. The lowest BCUT2D eigenvalue weighted by Gasteiger charge is -2.14. The zero-order valence-electron chi connectivity index (χ0n) is 5.42. The predicted octanol–water partition coefficient (Wildman–Crippen LogP) is -0.621. The van der Waals surface area contributed by atoms with Crippen molar-refractivity contribution in [2.75, 3.05) is 13.6 Å². The van der Waals surface area contributed by atoms with Crippen molar-refractivity contribution in [3.05, 3.63) is 0 Å². The first-order valence-electron chi connectivity index (χ1n) is 2.83. The molecule has 0 saturated carbocycles. The quantitative estimate of drug-likeness (QED) is 0.463. The van der Waals surface area contributed by atoms with Crippen molar-refractivity contribution in [2.45, 2.75) is 11.7 Å². The van der Waals surface area contributed by atoms with Gasteiger partial charge in [-0.25, -0.2) is 0 Å². The van der Waals surface area contributed by atoms with Gasteiger partial charge < -0.3 is 10.6 Å². The minimum absolute atomic E-state index is 0.132. The highest BCUT2D eigenvalue weighted by Crippen LogP contribution is 2.24. The van der Waals surface area contributed by atoms with Crippen molar-refractivity contribution >= 4 is 15.1 Å². The van der Waals surface area contributed by atoms with Gasteiger partial charge >= 0.3 is 0 Å². The summed E-state index contributed by atoms with van der Waals surface area (Å²) in [7, 11) is 4.26. The molecule has 0 aromatic rings. The van der Waals surface area contributed by atoms with Crippen LogP contribution in [0.3, 0.4) is 0 Å². The first-order chi connectivity index (χ1) is 4.01. The van der Waals surface area contributed by atoms with E-state index in [9.17, 15) is 4.79 Å². The minimum Gasteiger partial charge on any atom is -0.343 e. The molecule has 2 atom stereocenters. The predicted molar refractivity (Wildman–Crippen MR) is 38.9 cm³/mol. The summed E-state index contributed by atoms with van der Waals surface area (Å²) in [5, 5.41) is -0.369. The van der Waals surface area contributed by atoms with Gasteiger partial charge in [0.1, 0.15) is 0 Å². The van der Waals surface area contributed by atoms with Gasteiger partial charge in [0.2, 0.25) is 5.91 Å². The topological polar surface area (TPSA) is 46.3 Å². The van der Waals surface area contributed by atoms with E-state index >= 15 is 0 Å². The second-order valence-corrected chi connectivity index (χ2v) is 3.81. The van der Waals surface area contributed by atoms with Crippen molar-refractivity contribution in [3.8, 4) is 0 Å². The zero-order valence-corrected chi connectivity index (χ0v) is 6.58. The highest BCUT2D eigenvalue weighted by atomic mass is 31.0. The minimum atomic E-state index is -0.369. The van der Waals surface area contributed by atoms with Crippen LogP contribution in [0.4, 0.5) is 0 Å². The smallest absolute Gasteiger partial charge is 0.224 e. The van der Waals surface area contributed by atoms with Crippen LogP contribution in [-0.2, 0) is 4.79 Å². The lowest BCUT2D eigenvalue weighted by molar-refractivity contribution is -0.126. The number of nitrogens with zero attached hydrogens (tertiary/aromatic N) is 1. The van der Waals surface area contributed by atoms with Crippen molar-refractivity contribution in [2.24, 2.45) is 5.73 Å². The van der Waals surface area contributed by atoms with E-state index in [2.05, 4.69) is 9.24 Å². The van der Waals surface area contributed by atoms with Crippen molar-refractivity contribution < 1.29 is 4.79 Å². The highest BCUT2D eigenvalue weighted by Gasteiger charge is 2.33. The Bertz CT molecular complexity index is 146. The maximum Gasteiger partial charge on any atom is 0.224 e. The van der Waals surface area contributed by atoms with Crippen LogP contribution in [0.15, 0.2) is 0 Å². The molecular weight excluding hydrogens is 135 g/mol. The number of carbonyl (C=O) groups is 1. The summed E-state index contributed by atoms with van der Waals surface area (Å²) < 4.78 is 0. The molecule has 1 saturated heterocycles. The number of rotatable bonds is 0. The standard InChI is InChI=1S/C5H11N2OP/c1-7-3-5(6,9)2-4(7)8/h2-3,6,9H2,1H3/t5-/m0/s1. The third kappa shape index (κ3) is 1.41. The molecule has 2 N–H and O–H groups in total. The van der Waals surface area contributed by atoms with Gasteiger partial charge in [0, 0.05) is 20.0 Å². The van der Waals surface area contributed by atoms with Gasteiger partial charge in [-0.15, -0.1) is 9.24 Å². The Hall–Kier alpha value is -0.140. The van der Waals surface area contributed by atoms with Crippen LogP contribution >= 0.6 is 9.24 Å². The van der Waals surface area contributed by atoms with E-state index < -0.39 is 0 Å². The Kier molecular flexibility index (Phi) is 1.49. The molecule has 1 fully saturated rings. The van der Waals surface area contributed by atoms with Gasteiger partial charge in [-0.05, 0) is 0 Å². The number of nitrogens with two attached hydrogens (primary N) is 1. The Morgan fingerprint density at radius 3 is 2.56 bits per heavy atom. The van der Waals surface area contributed by atoms with Crippen LogP contribution < -0.4 is 5.73 Å². The van der Waals surface area contributed by atoms with Crippen LogP contribution in [0.2, 0.25) is 0 Å². The average Bonchev–Trinajstić information content (AvgIpc) is 1.79. The Morgan fingerprint density at radius 1 is 1.89 bits per heavy atom. The van der Waals surface area contributed by atoms with E-state index in [1.54, 1.807) is 11.9 Å². The molecule has 52 valence electrons. The second-order valence-electron chi connectivity index (χ2n) is 2.66. The van der Waals surface area contributed by atoms with Crippen molar-refractivity contribution in [3.63, 3.8) is 0 Å². The monoisotopic (exact) mass is 146 g/mol. The summed E-state index contributed by atoms with van der Waals surface area (Å²) in [5.41, 5.74) is 5.66. The average molecular weight is 146 g/mol. The summed E-state index contributed by atoms with van der Waals surface area (Å²) in [4.78, 5) is 12.5. The van der Waals surface area contributed by atoms with Gasteiger partial charge in [0.05, 0.1) is 5.28 Å². The molecule has 1 rings (SSSR count). The maximum absolute atomic E-state index is 10.8. The van der Waals surface area contributed by atoms with E-state index in [-0.39, 0.29) is 11.2 Å². The first kappa shape index (κ1) is 6.97. The molecule has 0 aromatic heterocycles. The summed E-state index contributed by atoms with van der Waals surface area (Å²) in [5.74, 6) is 0.132. The number of carbonyl (C=O) groups excluding carboxylic acids is 1. The molecule has 0 radical (unpaired) electrons. The molecular formula is C5H11N2OP. The normalized spacial score (nSPS) is 35.9. The molecule has 1 aliphatic heterocycles. The van der Waals surface area contributed by atoms with Crippen molar-refractivity contribution in [1.82, 2.24) is 4.90 Å². The Balaban J connectivity index is 2.65. The summed E-state index contributed by atoms with van der Waals surface area (Å²) >= 11 is 0. The van der Waals surface area contributed by atoms with Crippen LogP contribution in [0, 0.1) is 0 Å². The van der Waals surface area contributed by atoms with Gasteiger partial charge in [0.25, 0.3) is 0 Å². The van der Waals surface area contributed by atoms with Gasteiger partial charge in [-0.2, -0.15) is 0 Å². The fraction of sp³-hybridized carbons (Fsp3) is 0.800. The molecule has 0 aromatic carbocycles. The molecule has 4 heteroatoms. The third-order valence-corrected chi connectivity index (χ3v) is 1.82. The lowest BCUT2D eigenvalue weighted by Crippen LogP contribution is -2.34.